The summed E-state index contributed by atoms with van der Waals surface area (Å²) in [7, 11) is 0. The van der Waals surface area contributed by atoms with Crippen LogP contribution < -0.4 is 0 Å². The maximum absolute atomic E-state index is 11.8. The fourth-order valence-corrected chi connectivity index (χ4v) is 1.85. The molecule has 2 rings (SSSR count). The Morgan fingerprint density at radius 1 is 1.60 bits per heavy atom. The van der Waals surface area contributed by atoms with Crippen LogP contribution in [0.2, 0.25) is 0 Å². The minimum atomic E-state index is 0.163. The summed E-state index contributed by atoms with van der Waals surface area (Å²) in [6.07, 6.45) is 4.10. The zero-order valence-electron chi connectivity index (χ0n) is 8.98. The third-order valence-corrected chi connectivity index (χ3v) is 2.96. The number of rotatable bonds is 2. The molecule has 1 aliphatic rings. The Hall–Kier alpha value is -1.32. The van der Waals surface area contributed by atoms with Crippen molar-refractivity contribution in [3.8, 4) is 0 Å². The summed E-state index contributed by atoms with van der Waals surface area (Å²) < 4.78 is 4.70. The molecule has 0 unspecified atom stereocenters. The topological polar surface area (TPSA) is 46.3 Å². The maximum Gasteiger partial charge on any atom is 0.228 e. The minimum Gasteiger partial charge on any atom is -0.364 e. The third-order valence-electron chi connectivity index (χ3n) is 2.96. The van der Waals surface area contributed by atoms with Gasteiger partial charge < -0.3 is 9.42 Å². The Morgan fingerprint density at radius 2 is 2.33 bits per heavy atom. The highest BCUT2D eigenvalue weighted by Gasteiger charge is 2.20. The number of hydrogen-bond acceptors (Lipinski definition) is 3. The molecule has 1 aromatic rings. The van der Waals surface area contributed by atoms with E-state index in [-0.39, 0.29) is 5.91 Å². The van der Waals surface area contributed by atoms with Gasteiger partial charge in [-0.3, -0.25) is 4.79 Å². The molecule has 0 aliphatic carbocycles. The first kappa shape index (κ1) is 10.2. The lowest BCUT2D eigenvalue weighted by Crippen LogP contribution is -2.38. The number of nitrogens with zero attached hydrogens (tertiary/aromatic N) is 2. The molecule has 2 heterocycles. The van der Waals surface area contributed by atoms with Crippen molar-refractivity contribution in [3.05, 3.63) is 18.0 Å². The lowest BCUT2D eigenvalue weighted by Gasteiger charge is -2.30. The van der Waals surface area contributed by atoms with Gasteiger partial charge in [0, 0.05) is 19.2 Å². The average Bonchev–Trinajstić information content (AvgIpc) is 2.71. The molecule has 4 nitrogen and oxygen atoms in total. The molecule has 0 aromatic carbocycles. The molecule has 0 spiro atoms. The molecule has 0 radical (unpaired) electrons. The molecule has 0 N–H and O–H groups in total. The SMILES string of the molecule is CC1CCN(C(=O)Cc2ccon2)CC1. The zero-order valence-corrected chi connectivity index (χ0v) is 8.98. The lowest BCUT2D eigenvalue weighted by molar-refractivity contribution is -0.131. The van der Waals surface area contributed by atoms with E-state index < -0.39 is 0 Å². The largest absolute Gasteiger partial charge is 0.364 e. The van der Waals surface area contributed by atoms with Crippen molar-refractivity contribution in [2.45, 2.75) is 26.2 Å². The fraction of sp³-hybridized carbons (Fsp3) is 0.636. The number of carbonyl (C=O) groups excluding carboxylic acids is 1. The Bertz CT molecular complexity index is 313. The highest BCUT2D eigenvalue weighted by molar-refractivity contribution is 5.78. The summed E-state index contributed by atoms with van der Waals surface area (Å²) in [5, 5.41) is 3.74. The number of aromatic nitrogens is 1. The van der Waals surface area contributed by atoms with Crippen LogP contribution in [0.5, 0.6) is 0 Å². The van der Waals surface area contributed by atoms with E-state index in [4.69, 9.17) is 4.52 Å². The molecule has 1 fully saturated rings. The van der Waals surface area contributed by atoms with E-state index in [9.17, 15) is 4.79 Å². The Morgan fingerprint density at radius 3 is 2.93 bits per heavy atom. The summed E-state index contributed by atoms with van der Waals surface area (Å²) in [4.78, 5) is 13.7. The summed E-state index contributed by atoms with van der Waals surface area (Å²) >= 11 is 0. The second kappa shape index (κ2) is 4.47. The van der Waals surface area contributed by atoms with E-state index in [0.29, 0.717) is 6.42 Å². The first-order chi connectivity index (χ1) is 7.25. The molecule has 82 valence electrons. The second-order valence-electron chi connectivity index (χ2n) is 4.23. The minimum absolute atomic E-state index is 0.163. The van der Waals surface area contributed by atoms with Gasteiger partial charge in [0.1, 0.15) is 6.26 Å². The molecule has 0 bridgehead atoms. The van der Waals surface area contributed by atoms with Crippen LogP contribution in [-0.2, 0) is 11.2 Å². The van der Waals surface area contributed by atoms with Crippen molar-refractivity contribution in [1.29, 1.82) is 0 Å². The molecule has 4 heteroatoms. The van der Waals surface area contributed by atoms with Gasteiger partial charge in [-0.05, 0) is 18.8 Å². The van der Waals surface area contributed by atoms with Crippen LogP contribution >= 0.6 is 0 Å². The monoisotopic (exact) mass is 208 g/mol. The van der Waals surface area contributed by atoms with Crippen molar-refractivity contribution in [1.82, 2.24) is 10.1 Å². The van der Waals surface area contributed by atoms with E-state index >= 15 is 0 Å². The number of likely N-dealkylation sites (tertiary alicyclic amines) is 1. The van der Waals surface area contributed by atoms with Gasteiger partial charge in [0.2, 0.25) is 5.91 Å². The standard InChI is InChI=1S/C11H16N2O2/c1-9-2-5-13(6-3-9)11(14)8-10-4-7-15-12-10/h4,7,9H,2-3,5-6,8H2,1H3. The van der Waals surface area contributed by atoms with Crippen molar-refractivity contribution >= 4 is 5.91 Å². The summed E-state index contributed by atoms with van der Waals surface area (Å²) in [6.45, 7) is 4.01. The predicted molar refractivity (Wildman–Crippen MR) is 55.2 cm³/mol. The third kappa shape index (κ3) is 2.58. The Kier molecular flexibility index (Phi) is 3.04. The van der Waals surface area contributed by atoms with Gasteiger partial charge in [-0.1, -0.05) is 12.1 Å². The van der Waals surface area contributed by atoms with Gasteiger partial charge in [-0.2, -0.15) is 0 Å². The molecule has 1 amide bonds. The molecular weight excluding hydrogens is 192 g/mol. The van der Waals surface area contributed by atoms with Gasteiger partial charge >= 0.3 is 0 Å². The lowest BCUT2D eigenvalue weighted by atomic mass is 9.99. The van der Waals surface area contributed by atoms with Crippen molar-refractivity contribution < 1.29 is 9.32 Å². The smallest absolute Gasteiger partial charge is 0.228 e. The van der Waals surface area contributed by atoms with E-state index in [1.807, 2.05) is 4.90 Å². The van der Waals surface area contributed by atoms with Crippen LogP contribution in [0.15, 0.2) is 16.9 Å². The van der Waals surface area contributed by atoms with Crippen LogP contribution in [0.3, 0.4) is 0 Å². The molecular formula is C11H16N2O2. The van der Waals surface area contributed by atoms with Gasteiger partial charge in [0.15, 0.2) is 0 Å². The molecule has 1 saturated heterocycles. The van der Waals surface area contributed by atoms with Crippen LogP contribution in [0.4, 0.5) is 0 Å². The van der Waals surface area contributed by atoms with Crippen molar-refractivity contribution in [3.63, 3.8) is 0 Å². The Labute approximate surface area is 89.2 Å². The zero-order chi connectivity index (χ0) is 10.7. The molecule has 1 aliphatic heterocycles. The fourth-order valence-electron chi connectivity index (χ4n) is 1.85. The summed E-state index contributed by atoms with van der Waals surface area (Å²) in [5.74, 6) is 0.914. The first-order valence-electron chi connectivity index (χ1n) is 5.43. The molecule has 15 heavy (non-hydrogen) atoms. The van der Waals surface area contributed by atoms with Crippen LogP contribution in [0.25, 0.3) is 0 Å². The predicted octanol–water partition coefficient (Wildman–Crippen LogP) is 1.48. The quantitative estimate of drug-likeness (QED) is 0.739. The van der Waals surface area contributed by atoms with Crippen LogP contribution in [0.1, 0.15) is 25.5 Å². The highest BCUT2D eigenvalue weighted by atomic mass is 16.5. The maximum atomic E-state index is 11.8. The van der Waals surface area contributed by atoms with Crippen LogP contribution in [-0.4, -0.2) is 29.1 Å². The number of amides is 1. The van der Waals surface area contributed by atoms with E-state index in [1.54, 1.807) is 6.07 Å². The molecule has 0 atom stereocenters. The second-order valence-corrected chi connectivity index (χ2v) is 4.23. The first-order valence-corrected chi connectivity index (χ1v) is 5.43. The number of piperidine rings is 1. The highest BCUT2D eigenvalue weighted by Crippen LogP contribution is 2.16. The van der Waals surface area contributed by atoms with Gasteiger partial charge in [-0.25, -0.2) is 0 Å². The summed E-state index contributed by atoms with van der Waals surface area (Å²) in [5.41, 5.74) is 0.721. The summed E-state index contributed by atoms with van der Waals surface area (Å²) in [6, 6.07) is 1.74. The number of hydrogen-bond donors (Lipinski definition) is 0. The van der Waals surface area contributed by atoms with E-state index in [0.717, 1.165) is 37.5 Å². The average molecular weight is 208 g/mol. The Balaban J connectivity index is 1.86. The van der Waals surface area contributed by atoms with Crippen molar-refractivity contribution in [2.24, 2.45) is 5.92 Å². The van der Waals surface area contributed by atoms with Gasteiger partial charge in [0.05, 0.1) is 12.1 Å². The van der Waals surface area contributed by atoms with Gasteiger partial charge in [0.25, 0.3) is 0 Å². The normalized spacial score (nSPS) is 18.1. The molecule has 0 saturated carbocycles. The van der Waals surface area contributed by atoms with Crippen molar-refractivity contribution in [2.75, 3.05) is 13.1 Å². The van der Waals surface area contributed by atoms with E-state index in [2.05, 4.69) is 12.1 Å². The molecule has 1 aromatic heterocycles. The van der Waals surface area contributed by atoms with Gasteiger partial charge in [-0.15, -0.1) is 0 Å². The number of carbonyl (C=O) groups is 1. The van der Waals surface area contributed by atoms with E-state index in [1.165, 1.54) is 6.26 Å². The van der Waals surface area contributed by atoms with Crippen LogP contribution in [0, 0.1) is 5.92 Å².